The summed E-state index contributed by atoms with van der Waals surface area (Å²) in [5, 5.41) is 10.2. The Kier molecular flexibility index (Phi) is 6.77. The van der Waals surface area contributed by atoms with Crippen LogP contribution in [0.3, 0.4) is 0 Å². The Morgan fingerprint density at radius 1 is 0.943 bits per heavy atom. The van der Waals surface area contributed by atoms with Crippen molar-refractivity contribution in [3.05, 3.63) is 89.7 Å². The summed E-state index contributed by atoms with van der Waals surface area (Å²) in [4.78, 5) is 2.37. The maximum Gasteiger partial charge on any atom is 0.243 e. The van der Waals surface area contributed by atoms with Gasteiger partial charge in [0.25, 0.3) is 0 Å². The third kappa shape index (κ3) is 4.54. The summed E-state index contributed by atoms with van der Waals surface area (Å²) in [5.41, 5.74) is 4.66. The van der Waals surface area contributed by atoms with Gasteiger partial charge < -0.3 is 5.11 Å². The summed E-state index contributed by atoms with van der Waals surface area (Å²) in [6.07, 6.45) is 1.61. The lowest BCUT2D eigenvalue weighted by molar-refractivity contribution is -0.0553. The smallest absolute Gasteiger partial charge is 0.243 e. The number of sulfonamides is 1. The lowest BCUT2D eigenvalue weighted by Gasteiger charge is -2.57. The summed E-state index contributed by atoms with van der Waals surface area (Å²) in [5.74, 6) is -0.420. The van der Waals surface area contributed by atoms with E-state index in [1.165, 1.54) is 35.4 Å². The van der Waals surface area contributed by atoms with Gasteiger partial charge in [-0.05, 0) is 72.8 Å². The Labute approximate surface area is 206 Å². The molecule has 7 heteroatoms. The first kappa shape index (κ1) is 24.1. The zero-order valence-electron chi connectivity index (χ0n) is 19.8. The second kappa shape index (κ2) is 9.82. The quantitative estimate of drug-likeness (QED) is 0.571. The minimum atomic E-state index is -3.74. The van der Waals surface area contributed by atoms with E-state index in [0.29, 0.717) is 13.1 Å². The average molecular weight is 495 g/mol. The molecule has 0 radical (unpaired) electrons. The van der Waals surface area contributed by atoms with E-state index in [4.69, 9.17) is 0 Å². The van der Waals surface area contributed by atoms with Crippen LogP contribution in [0.1, 0.15) is 29.9 Å². The van der Waals surface area contributed by atoms with Crippen LogP contribution in [0.4, 0.5) is 4.39 Å². The molecule has 1 N–H and O–H groups in total. The van der Waals surface area contributed by atoms with E-state index in [0.717, 1.165) is 30.5 Å². The third-order valence-electron chi connectivity index (χ3n) is 7.54. The Balaban J connectivity index is 1.43. The summed E-state index contributed by atoms with van der Waals surface area (Å²) < 4.78 is 41.7. The molecular weight excluding hydrogens is 463 g/mol. The van der Waals surface area contributed by atoms with Gasteiger partial charge in [-0.15, -0.1) is 0 Å². The molecule has 2 saturated heterocycles. The number of hydrogen-bond donors (Lipinski definition) is 1. The van der Waals surface area contributed by atoms with Crippen LogP contribution in [0.15, 0.2) is 77.7 Å². The highest BCUT2D eigenvalue weighted by molar-refractivity contribution is 7.89. The highest BCUT2D eigenvalue weighted by Gasteiger charge is 2.50. The molecular formula is C28H31FN2O3S. The lowest BCUT2D eigenvalue weighted by atomic mass is 9.74. The summed E-state index contributed by atoms with van der Waals surface area (Å²) in [6.45, 7) is 3.76. The molecule has 2 aliphatic heterocycles. The molecule has 184 valence electrons. The van der Waals surface area contributed by atoms with Gasteiger partial charge in [-0.2, -0.15) is 4.31 Å². The Morgan fingerprint density at radius 3 is 2.31 bits per heavy atom. The first-order chi connectivity index (χ1) is 16.9. The zero-order valence-corrected chi connectivity index (χ0v) is 20.7. The monoisotopic (exact) mass is 494 g/mol. The molecule has 2 heterocycles. The molecule has 0 aromatic heterocycles. The van der Waals surface area contributed by atoms with Crippen LogP contribution in [0.2, 0.25) is 0 Å². The molecule has 3 aromatic carbocycles. The number of fused-ring (bicyclic) bond motifs is 1. The van der Waals surface area contributed by atoms with Crippen LogP contribution < -0.4 is 0 Å². The van der Waals surface area contributed by atoms with Gasteiger partial charge in [0, 0.05) is 31.1 Å². The predicted molar refractivity (Wildman–Crippen MR) is 135 cm³/mol. The fourth-order valence-corrected chi connectivity index (χ4v) is 7.16. The van der Waals surface area contributed by atoms with E-state index in [-0.39, 0.29) is 29.5 Å². The zero-order chi connectivity index (χ0) is 24.6. The summed E-state index contributed by atoms with van der Waals surface area (Å²) in [6, 6.07) is 21.7. The van der Waals surface area contributed by atoms with Crippen molar-refractivity contribution in [1.29, 1.82) is 0 Å². The van der Waals surface area contributed by atoms with E-state index in [1.54, 1.807) is 4.31 Å². The van der Waals surface area contributed by atoms with Crippen LogP contribution >= 0.6 is 0 Å². The SMILES string of the molecule is Cc1ccccc1-c1ccc([C@@H]2[C@@H](CO)N3CCCCN(S(=O)(=O)c4ccc(F)cc4)C[C@H]23)cc1. The molecule has 0 bridgehead atoms. The van der Waals surface area contributed by atoms with Crippen molar-refractivity contribution >= 4 is 10.0 Å². The fraction of sp³-hybridized carbons (Fsp3) is 0.357. The van der Waals surface area contributed by atoms with Gasteiger partial charge in [-0.25, -0.2) is 12.8 Å². The first-order valence-corrected chi connectivity index (χ1v) is 13.6. The number of rotatable bonds is 5. The molecule has 0 saturated carbocycles. The largest absolute Gasteiger partial charge is 0.395 e. The molecule has 0 spiro atoms. The standard InChI is InChI=1S/C28H31FN2O3S/c1-20-6-2-3-7-25(20)21-8-10-22(11-9-21)28-26-18-30(16-4-5-17-31(26)27(28)19-32)35(33,34)24-14-12-23(29)13-15-24/h2-3,6-15,26-28,32H,4-5,16-19H2,1H3/t26-,27-,28+/m1/s1. The molecule has 0 aliphatic carbocycles. The van der Waals surface area contributed by atoms with E-state index in [9.17, 15) is 17.9 Å². The van der Waals surface area contributed by atoms with Crippen molar-refractivity contribution in [2.24, 2.45) is 0 Å². The maximum absolute atomic E-state index is 13.4. The number of benzene rings is 3. The number of hydrogen-bond acceptors (Lipinski definition) is 4. The molecule has 35 heavy (non-hydrogen) atoms. The van der Waals surface area contributed by atoms with Crippen molar-refractivity contribution in [3.8, 4) is 11.1 Å². The van der Waals surface area contributed by atoms with Crippen molar-refractivity contribution in [2.45, 2.75) is 42.7 Å². The van der Waals surface area contributed by atoms with E-state index >= 15 is 0 Å². The molecule has 3 atom stereocenters. The Hall–Kier alpha value is -2.58. The topological polar surface area (TPSA) is 60.9 Å². The van der Waals surface area contributed by atoms with Gasteiger partial charge in [0.2, 0.25) is 10.0 Å². The second-order valence-corrected chi connectivity index (χ2v) is 11.5. The van der Waals surface area contributed by atoms with Gasteiger partial charge in [0.15, 0.2) is 0 Å². The van der Waals surface area contributed by atoms with E-state index < -0.39 is 15.8 Å². The van der Waals surface area contributed by atoms with Crippen LogP contribution in [0, 0.1) is 12.7 Å². The first-order valence-electron chi connectivity index (χ1n) is 12.2. The van der Waals surface area contributed by atoms with Crippen molar-refractivity contribution in [1.82, 2.24) is 9.21 Å². The normalized spacial score (nSPS) is 23.7. The van der Waals surface area contributed by atoms with Crippen LogP contribution in [-0.2, 0) is 10.0 Å². The average Bonchev–Trinajstić information content (AvgIpc) is 2.84. The molecule has 2 aliphatic rings. The number of nitrogens with zero attached hydrogens (tertiary/aromatic N) is 2. The molecule has 2 fully saturated rings. The van der Waals surface area contributed by atoms with Crippen LogP contribution in [0.25, 0.3) is 11.1 Å². The summed E-state index contributed by atoms with van der Waals surface area (Å²) in [7, 11) is -3.74. The van der Waals surface area contributed by atoms with Gasteiger partial charge in [-0.1, -0.05) is 48.5 Å². The lowest BCUT2D eigenvalue weighted by Crippen LogP contribution is -2.67. The Bertz CT molecular complexity index is 1280. The number of halogens is 1. The van der Waals surface area contributed by atoms with Gasteiger partial charge in [0.05, 0.1) is 11.5 Å². The fourth-order valence-electron chi connectivity index (χ4n) is 5.66. The van der Waals surface area contributed by atoms with Crippen LogP contribution in [-0.4, -0.2) is 61.1 Å². The number of aliphatic hydroxyl groups excluding tert-OH is 1. The summed E-state index contributed by atoms with van der Waals surface area (Å²) >= 11 is 0. The molecule has 0 unspecified atom stereocenters. The maximum atomic E-state index is 13.4. The minimum absolute atomic E-state index is 0.0213. The predicted octanol–water partition coefficient (Wildman–Crippen LogP) is 4.41. The van der Waals surface area contributed by atoms with Crippen molar-refractivity contribution < 1.29 is 17.9 Å². The van der Waals surface area contributed by atoms with Crippen LogP contribution in [0.5, 0.6) is 0 Å². The van der Waals surface area contributed by atoms with E-state index in [2.05, 4.69) is 48.2 Å². The number of aryl methyl sites for hydroxylation is 1. The van der Waals surface area contributed by atoms with Gasteiger partial charge in [-0.3, -0.25) is 4.90 Å². The Morgan fingerprint density at radius 2 is 1.63 bits per heavy atom. The minimum Gasteiger partial charge on any atom is -0.395 e. The van der Waals surface area contributed by atoms with Gasteiger partial charge >= 0.3 is 0 Å². The van der Waals surface area contributed by atoms with Crippen molar-refractivity contribution in [3.63, 3.8) is 0 Å². The highest BCUT2D eigenvalue weighted by atomic mass is 32.2. The third-order valence-corrected chi connectivity index (χ3v) is 9.42. The molecule has 5 nitrogen and oxygen atoms in total. The number of aliphatic hydroxyl groups is 1. The van der Waals surface area contributed by atoms with E-state index in [1.807, 2.05) is 12.1 Å². The molecule has 3 aromatic rings. The highest BCUT2D eigenvalue weighted by Crippen LogP contribution is 2.43. The molecule has 0 amide bonds. The second-order valence-electron chi connectivity index (χ2n) is 9.54. The molecule has 5 rings (SSSR count). The van der Waals surface area contributed by atoms with Gasteiger partial charge in [0.1, 0.15) is 5.82 Å². The van der Waals surface area contributed by atoms with Crippen molar-refractivity contribution in [2.75, 3.05) is 26.2 Å².